The van der Waals surface area contributed by atoms with Crippen molar-refractivity contribution < 1.29 is 15.0 Å². The summed E-state index contributed by atoms with van der Waals surface area (Å²) in [5, 5.41) is 21.0. The molecule has 5 nitrogen and oxygen atoms in total. The van der Waals surface area contributed by atoms with Crippen LogP contribution in [-0.2, 0) is 0 Å². The van der Waals surface area contributed by atoms with E-state index in [1.54, 1.807) is 0 Å². The molecular weight excluding hydrogens is 220 g/mol. The highest BCUT2D eigenvalue weighted by Crippen LogP contribution is 2.17. The van der Waals surface area contributed by atoms with Gasteiger partial charge in [-0.1, -0.05) is 6.07 Å². The second-order valence-electron chi connectivity index (χ2n) is 3.30. The van der Waals surface area contributed by atoms with Gasteiger partial charge >= 0.3 is 0 Å². The topological polar surface area (TPSA) is 82.5 Å². The number of carbonyl (C=O) groups excluding carboxylic acids is 1. The highest BCUT2D eigenvalue weighted by Gasteiger charge is 2.10. The third-order valence-electron chi connectivity index (χ3n) is 2.09. The van der Waals surface area contributed by atoms with Crippen molar-refractivity contribution in [3.05, 3.63) is 48.2 Å². The van der Waals surface area contributed by atoms with E-state index in [9.17, 15) is 9.90 Å². The molecule has 85 valence electrons. The lowest BCUT2D eigenvalue weighted by Gasteiger charge is -2.05. The molecule has 17 heavy (non-hydrogen) atoms. The molecule has 1 heterocycles. The number of hydrogen-bond donors (Lipinski definition) is 3. The van der Waals surface area contributed by atoms with E-state index in [1.165, 1.54) is 36.5 Å². The average Bonchev–Trinajstić information content (AvgIpc) is 2.32. The largest absolute Gasteiger partial charge is 0.507 e. The lowest BCUT2D eigenvalue weighted by atomic mass is 10.2. The second-order valence-corrected chi connectivity index (χ2v) is 3.30. The first-order chi connectivity index (χ1) is 8.16. The molecule has 0 aliphatic heterocycles. The van der Waals surface area contributed by atoms with Crippen LogP contribution in [0.15, 0.2) is 36.5 Å². The molecule has 0 atom stereocenters. The van der Waals surface area contributed by atoms with Gasteiger partial charge in [-0.05, 0) is 24.3 Å². The predicted molar refractivity (Wildman–Crippen MR) is 60.8 cm³/mol. The number of anilines is 1. The van der Waals surface area contributed by atoms with Crippen LogP contribution in [0.25, 0.3) is 0 Å². The smallest absolute Gasteiger partial charge is 0.259 e. The number of nitrogens with zero attached hydrogens (tertiary/aromatic N) is 1. The number of pyridine rings is 1. The van der Waals surface area contributed by atoms with E-state index in [0.717, 1.165) is 0 Å². The van der Waals surface area contributed by atoms with Gasteiger partial charge in [0.05, 0.1) is 17.4 Å². The summed E-state index contributed by atoms with van der Waals surface area (Å²) in [6.45, 7) is 0. The maximum Gasteiger partial charge on any atom is 0.259 e. The maximum atomic E-state index is 11.7. The van der Waals surface area contributed by atoms with Crippen LogP contribution in [0.4, 0.5) is 5.69 Å². The number of benzene rings is 1. The molecule has 3 N–H and O–H groups in total. The fraction of sp³-hybridized carbons (Fsp3) is 0. The molecule has 0 aliphatic rings. The van der Waals surface area contributed by atoms with Gasteiger partial charge in [-0.15, -0.1) is 0 Å². The van der Waals surface area contributed by atoms with Crippen LogP contribution < -0.4 is 5.32 Å². The maximum absolute atomic E-state index is 11.7. The third-order valence-corrected chi connectivity index (χ3v) is 2.09. The Morgan fingerprint density at radius 1 is 1.29 bits per heavy atom. The van der Waals surface area contributed by atoms with Gasteiger partial charge in [0.25, 0.3) is 5.91 Å². The monoisotopic (exact) mass is 229 g/mol. The van der Waals surface area contributed by atoms with Gasteiger partial charge in [-0.25, -0.2) is 4.98 Å². The predicted octanol–water partition coefficient (Wildman–Crippen LogP) is 1.55. The first-order valence-corrected chi connectivity index (χ1v) is 4.82. The number of aromatic nitrogens is 1. The van der Waals surface area contributed by atoms with E-state index >= 15 is 0 Å². The highest BCUT2D eigenvalue weighted by atomic mass is 16.3. The molecule has 1 aromatic carbocycles. The van der Waals surface area contributed by atoms with Crippen LogP contribution in [-0.4, -0.2) is 21.1 Å². The third kappa shape index (κ3) is 2.52. The second kappa shape index (κ2) is 4.52. The van der Waals surface area contributed by atoms with Crippen LogP contribution in [0.5, 0.6) is 11.6 Å². The van der Waals surface area contributed by atoms with Crippen LogP contribution >= 0.6 is 0 Å². The van der Waals surface area contributed by atoms with E-state index < -0.39 is 5.91 Å². The number of aromatic hydroxyl groups is 2. The number of carbonyl (C=O) groups is 1. The molecule has 1 aromatic heterocycles. The number of phenolic OH excluding ortho intramolecular Hbond substituents is 1. The lowest BCUT2D eigenvalue weighted by Crippen LogP contribution is -2.12. The molecular formula is C12H9N2O3. The molecule has 0 saturated heterocycles. The van der Waals surface area contributed by atoms with E-state index in [1.807, 2.05) is 0 Å². The fourth-order valence-corrected chi connectivity index (χ4v) is 1.26. The summed E-state index contributed by atoms with van der Waals surface area (Å²) in [5.41, 5.74) is 0.552. The quantitative estimate of drug-likeness (QED) is 0.729. The van der Waals surface area contributed by atoms with Crippen molar-refractivity contribution in [1.29, 1.82) is 0 Å². The zero-order valence-electron chi connectivity index (χ0n) is 8.71. The van der Waals surface area contributed by atoms with Crippen molar-refractivity contribution in [1.82, 2.24) is 4.98 Å². The van der Waals surface area contributed by atoms with Crippen molar-refractivity contribution in [2.75, 3.05) is 5.32 Å². The number of hydrogen-bond acceptors (Lipinski definition) is 4. The zero-order valence-corrected chi connectivity index (χ0v) is 8.71. The first-order valence-electron chi connectivity index (χ1n) is 4.82. The average molecular weight is 229 g/mol. The molecule has 0 spiro atoms. The summed E-state index contributed by atoms with van der Waals surface area (Å²) in [5.74, 6) is -0.710. The van der Waals surface area contributed by atoms with Crippen LogP contribution in [0.1, 0.15) is 10.4 Å². The molecule has 0 unspecified atom stereocenters. The van der Waals surface area contributed by atoms with Crippen molar-refractivity contribution in [2.45, 2.75) is 0 Å². The Balaban J connectivity index is 2.17. The molecule has 0 bridgehead atoms. The number of amides is 1. The Morgan fingerprint density at radius 3 is 2.76 bits per heavy atom. The number of rotatable bonds is 2. The first kappa shape index (κ1) is 10.9. The summed E-state index contributed by atoms with van der Waals surface area (Å²) in [7, 11) is 0. The Bertz CT molecular complexity index is 538. The number of nitrogens with one attached hydrogen (secondary N) is 1. The summed E-state index contributed by atoms with van der Waals surface area (Å²) in [4.78, 5) is 15.4. The van der Waals surface area contributed by atoms with Gasteiger partial charge in [-0.3, -0.25) is 4.79 Å². The Morgan fingerprint density at radius 2 is 2.12 bits per heavy atom. The normalized spacial score (nSPS) is 9.88. The molecule has 5 heteroatoms. The minimum atomic E-state index is -0.466. The van der Waals surface area contributed by atoms with E-state index in [-0.39, 0.29) is 17.2 Å². The summed E-state index contributed by atoms with van der Waals surface area (Å²) < 4.78 is 0. The Hall–Kier alpha value is -2.56. The SMILES string of the molecule is O=C(Nc1ccc(O)nc1)c1c[c]ccc1O. The highest BCUT2D eigenvalue weighted by molar-refractivity contribution is 6.05. The molecule has 0 aliphatic carbocycles. The molecule has 2 aromatic rings. The van der Waals surface area contributed by atoms with Crippen molar-refractivity contribution in [3.63, 3.8) is 0 Å². The van der Waals surface area contributed by atoms with E-state index in [2.05, 4.69) is 16.4 Å². The molecule has 0 fully saturated rings. The summed E-state index contributed by atoms with van der Waals surface area (Å²) >= 11 is 0. The standard InChI is InChI=1S/C12H9N2O3/c15-10-4-2-1-3-9(10)12(17)14-8-5-6-11(16)13-7-8/h2-7,15H,(H,13,16)(H,14,17). The fourth-order valence-electron chi connectivity index (χ4n) is 1.26. The molecule has 1 radical (unpaired) electrons. The number of phenols is 1. The minimum absolute atomic E-state index is 0.118. The van der Waals surface area contributed by atoms with Crippen molar-refractivity contribution >= 4 is 11.6 Å². The van der Waals surface area contributed by atoms with Crippen LogP contribution in [0, 0.1) is 6.07 Å². The van der Waals surface area contributed by atoms with Gasteiger partial charge in [-0.2, -0.15) is 0 Å². The van der Waals surface area contributed by atoms with Gasteiger partial charge < -0.3 is 15.5 Å². The molecule has 2 rings (SSSR count). The van der Waals surface area contributed by atoms with E-state index in [4.69, 9.17) is 5.11 Å². The Labute approximate surface area is 97.4 Å². The van der Waals surface area contributed by atoms with Crippen molar-refractivity contribution in [3.8, 4) is 11.6 Å². The van der Waals surface area contributed by atoms with Gasteiger partial charge in [0.15, 0.2) is 0 Å². The van der Waals surface area contributed by atoms with Gasteiger partial charge in [0.1, 0.15) is 5.75 Å². The lowest BCUT2D eigenvalue weighted by molar-refractivity contribution is 0.102. The zero-order chi connectivity index (χ0) is 12.3. The van der Waals surface area contributed by atoms with Crippen LogP contribution in [0.3, 0.4) is 0 Å². The molecule has 0 saturated carbocycles. The van der Waals surface area contributed by atoms with Gasteiger partial charge in [0, 0.05) is 6.07 Å². The van der Waals surface area contributed by atoms with Gasteiger partial charge in [0.2, 0.25) is 5.88 Å². The van der Waals surface area contributed by atoms with E-state index in [0.29, 0.717) is 5.69 Å². The summed E-state index contributed by atoms with van der Waals surface area (Å²) in [6.07, 6.45) is 1.32. The Kier molecular flexibility index (Phi) is 2.91. The van der Waals surface area contributed by atoms with Crippen LogP contribution in [0.2, 0.25) is 0 Å². The summed E-state index contributed by atoms with van der Waals surface area (Å²) in [6, 6.07) is 9.83. The minimum Gasteiger partial charge on any atom is -0.507 e. The van der Waals surface area contributed by atoms with Crippen molar-refractivity contribution in [2.24, 2.45) is 0 Å². The molecule has 1 amide bonds.